The minimum atomic E-state index is 0.571. The molecule has 4 heteroatoms. The topological polar surface area (TPSA) is 18.5 Å². The lowest BCUT2D eigenvalue weighted by molar-refractivity contribution is 0.415. The molecular formula is C14H12Cl2O2. The highest BCUT2D eigenvalue weighted by Crippen LogP contribution is 2.33. The van der Waals surface area contributed by atoms with E-state index in [4.69, 9.17) is 32.7 Å². The Bertz CT molecular complexity index is 516. The van der Waals surface area contributed by atoms with E-state index < -0.39 is 0 Å². The average molecular weight is 283 g/mol. The highest BCUT2D eigenvalue weighted by atomic mass is 35.5. The summed E-state index contributed by atoms with van der Waals surface area (Å²) in [6.45, 7) is 0. The van der Waals surface area contributed by atoms with E-state index in [0.717, 1.165) is 11.1 Å². The van der Waals surface area contributed by atoms with Gasteiger partial charge in [0.15, 0.2) is 0 Å². The molecule has 0 radical (unpaired) electrons. The second kappa shape index (κ2) is 5.51. The lowest BCUT2D eigenvalue weighted by Gasteiger charge is -2.08. The molecule has 0 bridgehead atoms. The molecule has 0 unspecified atom stereocenters. The van der Waals surface area contributed by atoms with Crippen molar-refractivity contribution in [2.75, 3.05) is 14.2 Å². The first-order valence-corrected chi connectivity index (χ1v) is 6.08. The number of methoxy groups -OCH3 is 2. The van der Waals surface area contributed by atoms with Crippen LogP contribution in [0.4, 0.5) is 0 Å². The molecule has 0 spiro atoms. The summed E-state index contributed by atoms with van der Waals surface area (Å²) >= 11 is 12.2. The van der Waals surface area contributed by atoms with Crippen molar-refractivity contribution in [3.8, 4) is 22.6 Å². The molecule has 0 saturated carbocycles. The maximum atomic E-state index is 6.10. The second-order valence-corrected chi connectivity index (χ2v) is 4.51. The number of hydrogen-bond acceptors (Lipinski definition) is 2. The third kappa shape index (κ3) is 2.55. The Morgan fingerprint density at radius 1 is 0.722 bits per heavy atom. The zero-order valence-corrected chi connectivity index (χ0v) is 11.5. The summed E-state index contributed by atoms with van der Waals surface area (Å²) in [5.74, 6) is 1.31. The molecule has 0 aromatic heterocycles. The molecule has 0 aliphatic rings. The lowest BCUT2D eigenvalue weighted by Crippen LogP contribution is -1.87. The van der Waals surface area contributed by atoms with Gasteiger partial charge < -0.3 is 9.47 Å². The monoisotopic (exact) mass is 282 g/mol. The van der Waals surface area contributed by atoms with Crippen molar-refractivity contribution in [1.29, 1.82) is 0 Å². The molecule has 2 aromatic carbocycles. The molecule has 0 amide bonds. The van der Waals surface area contributed by atoms with Crippen molar-refractivity contribution in [1.82, 2.24) is 0 Å². The fourth-order valence-electron chi connectivity index (χ4n) is 1.69. The van der Waals surface area contributed by atoms with E-state index in [1.165, 1.54) is 0 Å². The first-order valence-electron chi connectivity index (χ1n) is 5.33. The second-order valence-electron chi connectivity index (χ2n) is 3.70. The number of benzene rings is 2. The third-order valence-electron chi connectivity index (χ3n) is 2.64. The van der Waals surface area contributed by atoms with Gasteiger partial charge in [-0.15, -0.1) is 0 Å². The standard InChI is InChI=1S/C14H12Cl2O2/c1-17-13-5-3-9(7-11(13)15)10-4-6-14(18-2)12(16)8-10/h3-8H,1-2H3. The summed E-state index contributed by atoms with van der Waals surface area (Å²) in [5, 5.41) is 1.14. The Morgan fingerprint density at radius 3 is 1.39 bits per heavy atom. The molecule has 2 rings (SSSR count). The maximum Gasteiger partial charge on any atom is 0.137 e. The summed E-state index contributed by atoms with van der Waals surface area (Å²) in [7, 11) is 3.18. The molecule has 0 N–H and O–H groups in total. The van der Waals surface area contributed by atoms with Crippen LogP contribution in [0.25, 0.3) is 11.1 Å². The van der Waals surface area contributed by atoms with Crippen molar-refractivity contribution in [2.24, 2.45) is 0 Å². The van der Waals surface area contributed by atoms with Gasteiger partial charge in [0.2, 0.25) is 0 Å². The molecule has 2 nitrogen and oxygen atoms in total. The Balaban J connectivity index is 2.42. The van der Waals surface area contributed by atoms with Crippen molar-refractivity contribution in [3.63, 3.8) is 0 Å². The van der Waals surface area contributed by atoms with Crippen LogP contribution in [0.3, 0.4) is 0 Å². The fourth-order valence-corrected chi connectivity index (χ4v) is 2.21. The van der Waals surface area contributed by atoms with Gasteiger partial charge in [-0.1, -0.05) is 35.3 Å². The van der Waals surface area contributed by atoms with E-state index in [9.17, 15) is 0 Å². The summed E-state index contributed by atoms with van der Waals surface area (Å²) < 4.78 is 10.2. The first kappa shape index (κ1) is 13.1. The van der Waals surface area contributed by atoms with E-state index in [-0.39, 0.29) is 0 Å². The number of rotatable bonds is 3. The molecule has 0 saturated heterocycles. The zero-order chi connectivity index (χ0) is 13.1. The largest absolute Gasteiger partial charge is 0.495 e. The minimum Gasteiger partial charge on any atom is -0.495 e. The predicted octanol–water partition coefficient (Wildman–Crippen LogP) is 4.68. The van der Waals surface area contributed by atoms with Crippen LogP contribution in [0, 0.1) is 0 Å². The smallest absolute Gasteiger partial charge is 0.137 e. The Hall–Kier alpha value is -1.38. The average Bonchev–Trinajstić information content (AvgIpc) is 2.38. The highest BCUT2D eigenvalue weighted by Gasteiger charge is 2.06. The minimum absolute atomic E-state index is 0.571. The fraction of sp³-hybridized carbons (Fsp3) is 0.143. The van der Waals surface area contributed by atoms with Crippen LogP contribution < -0.4 is 9.47 Å². The Morgan fingerprint density at radius 2 is 1.11 bits per heavy atom. The van der Waals surface area contributed by atoms with Crippen LogP contribution in [0.1, 0.15) is 0 Å². The van der Waals surface area contributed by atoms with Gasteiger partial charge in [0.25, 0.3) is 0 Å². The first-order chi connectivity index (χ1) is 8.65. The van der Waals surface area contributed by atoms with Crippen molar-refractivity contribution >= 4 is 23.2 Å². The van der Waals surface area contributed by atoms with Gasteiger partial charge in [0.1, 0.15) is 11.5 Å². The highest BCUT2D eigenvalue weighted by molar-refractivity contribution is 6.33. The van der Waals surface area contributed by atoms with Gasteiger partial charge in [-0.05, 0) is 35.4 Å². The Labute approximate surface area is 116 Å². The molecular weight excluding hydrogens is 271 g/mol. The third-order valence-corrected chi connectivity index (χ3v) is 3.23. The lowest BCUT2D eigenvalue weighted by atomic mass is 10.1. The van der Waals surface area contributed by atoms with E-state index in [1.54, 1.807) is 14.2 Å². The van der Waals surface area contributed by atoms with E-state index >= 15 is 0 Å². The van der Waals surface area contributed by atoms with Crippen LogP contribution in [-0.2, 0) is 0 Å². The molecule has 0 aliphatic carbocycles. The predicted molar refractivity (Wildman–Crippen MR) is 75.0 cm³/mol. The number of ether oxygens (including phenoxy) is 2. The summed E-state index contributed by atoms with van der Waals surface area (Å²) in [6, 6.07) is 11.2. The van der Waals surface area contributed by atoms with Gasteiger partial charge in [-0.3, -0.25) is 0 Å². The van der Waals surface area contributed by atoms with Crippen LogP contribution in [0.5, 0.6) is 11.5 Å². The molecule has 0 aliphatic heterocycles. The van der Waals surface area contributed by atoms with E-state index in [2.05, 4.69) is 0 Å². The number of hydrogen-bond donors (Lipinski definition) is 0. The molecule has 94 valence electrons. The maximum absolute atomic E-state index is 6.10. The summed E-state index contributed by atoms with van der Waals surface area (Å²) in [6.07, 6.45) is 0. The van der Waals surface area contributed by atoms with Gasteiger partial charge in [-0.25, -0.2) is 0 Å². The molecule has 0 fully saturated rings. The van der Waals surface area contributed by atoms with E-state index in [1.807, 2.05) is 36.4 Å². The quantitative estimate of drug-likeness (QED) is 0.814. The molecule has 0 atom stereocenters. The van der Waals surface area contributed by atoms with Gasteiger partial charge in [-0.2, -0.15) is 0 Å². The summed E-state index contributed by atoms with van der Waals surface area (Å²) in [4.78, 5) is 0. The number of halogens is 2. The van der Waals surface area contributed by atoms with Crippen molar-refractivity contribution in [2.45, 2.75) is 0 Å². The normalized spacial score (nSPS) is 10.2. The summed E-state index contributed by atoms with van der Waals surface area (Å²) in [5.41, 5.74) is 1.95. The Kier molecular flexibility index (Phi) is 4.00. The molecule has 2 aromatic rings. The van der Waals surface area contributed by atoms with Crippen LogP contribution in [0.2, 0.25) is 10.0 Å². The van der Waals surface area contributed by atoms with Gasteiger partial charge in [0.05, 0.1) is 24.3 Å². The van der Waals surface area contributed by atoms with E-state index in [0.29, 0.717) is 21.5 Å². The van der Waals surface area contributed by atoms with Crippen LogP contribution in [0.15, 0.2) is 36.4 Å². The SMILES string of the molecule is COc1ccc(-c2ccc(OC)c(Cl)c2)cc1Cl. The molecule has 0 heterocycles. The van der Waals surface area contributed by atoms with Gasteiger partial charge in [0, 0.05) is 0 Å². The zero-order valence-electron chi connectivity index (χ0n) is 10.0. The molecule has 18 heavy (non-hydrogen) atoms. The van der Waals surface area contributed by atoms with Gasteiger partial charge >= 0.3 is 0 Å². The van der Waals surface area contributed by atoms with Crippen molar-refractivity contribution in [3.05, 3.63) is 46.4 Å². The van der Waals surface area contributed by atoms with Crippen molar-refractivity contribution < 1.29 is 9.47 Å². The van der Waals surface area contributed by atoms with Crippen LogP contribution >= 0.6 is 23.2 Å². The van der Waals surface area contributed by atoms with Crippen LogP contribution in [-0.4, -0.2) is 14.2 Å².